The molecule has 1 saturated carbocycles. The Labute approximate surface area is 130 Å². The summed E-state index contributed by atoms with van der Waals surface area (Å²) < 4.78 is 9.74. The van der Waals surface area contributed by atoms with Gasteiger partial charge in [0, 0.05) is 32.5 Å². The Kier molecular flexibility index (Phi) is 4.22. The van der Waals surface area contributed by atoms with Gasteiger partial charge in [-0.1, -0.05) is 13.3 Å². The van der Waals surface area contributed by atoms with Crippen LogP contribution in [0.5, 0.6) is 0 Å². The molecule has 0 atom stereocenters. The first-order valence-corrected chi connectivity index (χ1v) is 8.24. The van der Waals surface area contributed by atoms with Crippen LogP contribution in [0.15, 0.2) is 0 Å². The molecule has 2 aromatic heterocycles. The molecule has 2 aromatic rings. The van der Waals surface area contributed by atoms with E-state index in [1.807, 2.05) is 11.7 Å². The van der Waals surface area contributed by atoms with Crippen LogP contribution in [0.25, 0.3) is 11.2 Å². The summed E-state index contributed by atoms with van der Waals surface area (Å²) in [7, 11) is 3.80. The molecule has 2 heterocycles. The largest absolute Gasteiger partial charge is 0.381 e. The average molecular weight is 311 g/mol. The molecule has 5 nitrogen and oxygen atoms in total. The van der Waals surface area contributed by atoms with Crippen molar-refractivity contribution in [1.82, 2.24) is 19.3 Å². The molecule has 116 valence electrons. The van der Waals surface area contributed by atoms with E-state index in [1.165, 1.54) is 0 Å². The van der Waals surface area contributed by atoms with E-state index in [0.717, 1.165) is 54.8 Å². The summed E-state index contributed by atoms with van der Waals surface area (Å²) in [5, 5.41) is 4.65. The summed E-state index contributed by atoms with van der Waals surface area (Å²) >= 11 is 5.96. The molecule has 3 rings (SSSR count). The van der Waals surface area contributed by atoms with Crippen LogP contribution in [0, 0.1) is 0 Å². The van der Waals surface area contributed by atoms with Crippen LogP contribution < -0.4 is 0 Å². The normalized spacial score (nSPS) is 21.9. The maximum absolute atomic E-state index is 5.96. The highest BCUT2D eigenvalue weighted by Gasteiger charge is 2.34. The van der Waals surface area contributed by atoms with E-state index < -0.39 is 0 Å². The van der Waals surface area contributed by atoms with Crippen molar-refractivity contribution >= 4 is 22.8 Å². The summed E-state index contributed by atoms with van der Waals surface area (Å²) in [5.41, 5.74) is 3.30. The molecule has 21 heavy (non-hydrogen) atoms. The van der Waals surface area contributed by atoms with Gasteiger partial charge in [-0.2, -0.15) is 5.10 Å². The third-order valence-electron chi connectivity index (χ3n) is 4.38. The lowest BCUT2D eigenvalue weighted by Crippen LogP contribution is -2.33. The third-order valence-corrected chi connectivity index (χ3v) is 4.57. The highest BCUT2D eigenvalue weighted by molar-refractivity contribution is 6.17. The smallest absolute Gasteiger partial charge is 0.158 e. The van der Waals surface area contributed by atoms with Crippen LogP contribution in [0.1, 0.15) is 43.7 Å². The number of aromatic nitrogens is 4. The molecular weight excluding hydrogens is 288 g/mol. The number of halogens is 1. The fourth-order valence-electron chi connectivity index (χ4n) is 3.24. The van der Waals surface area contributed by atoms with E-state index in [0.29, 0.717) is 18.0 Å². The molecule has 0 saturated heterocycles. The molecule has 0 aliphatic heterocycles. The maximum Gasteiger partial charge on any atom is 0.158 e. The molecule has 0 N–H and O–H groups in total. The standard InChI is InChI=1S/C15H23ClN4O/c1-4-5-12-14-15(19(2)18-12)20(13(17-14)6-7-16)10-8-11(9-10)21-3/h10-11H,4-9H2,1-3H3. The molecular formula is C15H23ClN4O. The van der Waals surface area contributed by atoms with Crippen molar-refractivity contribution in [3.8, 4) is 0 Å². The van der Waals surface area contributed by atoms with Gasteiger partial charge in [0.25, 0.3) is 0 Å². The molecule has 1 aliphatic rings. The van der Waals surface area contributed by atoms with E-state index in [4.69, 9.17) is 21.3 Å². The number of aryl methyl sites for hydroxylation is 3. The number of ether oxygens (including phenoxy) is 1. The molecule has 0 amide bonds. The van der Waals surface area contributed by atoms with Gasteiger partial charge in [0.1, 0.15) is 11.3 Å². The van der Waals surface area contributed by atoms with Crippen LogP contribution in [0.2, 0.25) is 0 Å². The lowest BCUT2D eigenvalue weighted by molar-refractivity contribution is 0.00634. The highest BCUT2D eigenvalue weighted by Crippen LogP contribution is 2.38. The number of imidazole rings is 1. The zero-order valence-electron chi connectivity index (χ0n) is 13.0. The van der Waals surface area contributed by atoms with E-state index in [2.05, 4.69) is 16.6 Å². The molecule has 0 spiro atoms. The van der Waals surface area contributed by atoms with Crippen LogP contribution >= 0.6 is 11.6 Å². The van der Waals surface area contributed by atoms with Crippen molar-refractivity contribution in [3.05, 3.63) is 11.5 Å². The summed E-state index contributed by atoms with van der Waals surface area (Å²) in [6.45, 7) is 2.17. The van der Waals surface area contributed by atoms with Crippen LogP contribution in [0.3, 0.4) is 0 Å². The summed E-state index contributed by atoms with van der Waals surface area (Å²) in [4.78, 5) is 4.85. The number of nitrogens with zero attached hydrogens (tertiary/aromatic N) is 4. The van der Waals surface area contributed by atoms with Crippen molar-refractivity contribution in [1.29, 1.82) is 0 Å². The number of rotatable bonds is 6. The predicted molar refractivity (Wildman–Crippen MR) is 84.0 cm³/mol. The number of alkyl halides is 1. The Hall–Kier alpha value is -1.07. The lowest BCUT2D eigenvalue weighted by atomic mass is 9.89. The van der Waals surface area contributed by atoms with E-state index in [-0.39, 0.29) is 0 Å². The van der Waals surface area contributed by atoms with E-state index in [1.54, 1.807) is 7.11 Å². The Balaban J connectivity index is 2.05. The molecule has 1 fully saturated rings. The van der Waals surface area contributed by atoms with Crippen molar-refractivity contribution in [3.63, 3.8) is 0 Å². The number of fused-ring (bicyclic) bond motifs is 1. The van der Waals surface area contributed by atoms with Gasteiger partial charge < -0.3 is 9.30 Å². The average Bonchev–Trinajstić information content (AvgIpc) is 2.90. The molecule has 0 unspecified atom stereocenters. The maximum atomic E-state index is 5.96. The van der Waals surface area contributed by atoms with Crippen molar-refractivity contribution in [2.24, 2.45) is 7.05 Å². The SMILES string of the molecule is CCCc1nn(C)c2c1nc(CCCl)n2C1CC(OC)C1. The van der Waals surface area contributed by atoms with Gasteiger partial charge in [0.05, 0.1) is 11.8 Å². The van der Waals surface area contributed by atoms with Gasteiger partial charge in [0.15, 0.2) is 5.65 Å². The molecule has 1 aliphatic carbocycles. The second-order valence-corrected chi connectivity index (χ2v) is 6.19. The van der Waals surface area contributed by atoms with Crippen LogP contribution in [-0.2, 0) is 24.6 Å². The molecule has 0 bridgehead atoms. The Morgan fingerprint density at radius 1 is 1.33 bits per heavy atom. The van der Waals surface area contributed by atoms with Gasteiger partial charge in [0.2, 0.25) is 0 Å². The van der Waals surface area contributed by atoms with E-state index in [9.17, 15) is 0 Å². The fraction of sp³-hybridized carbons (Fsp3) is 0.733. The highest BCUT2D eigenvalue weighted by atomic mass is 35.5. The first-order valence-electron chi connectivity index (χ1n) is 7.71. The fourth-order valence-corrected chi connectivity index (χ4v) is 3.41. The zero-order chi connectivity index (χ0) is 15.0. The summed E-state index contributed by atoms with van der Waals surface area (Å²) in [6, 6.07) is 0.461. The van der Waals surface area contributed by atoms with Crippen LogP contribution in [-0.4, -0.2) is 38.4 Å². The van der Waals surface area contributed by atoms with Crippen molar-refractivity contribution < 1.29 is 4.74 Å². The monoisotopic (exact) mass is 310 g/mol. The topological polar surface area (TPSA) is 44.9 Å². The van der Waals surface area contributed by atoms with Gasteiger partial charge in [-0.15, -0.1) is 11.6 Å². The minimum Gasteiger partial charge on any atom is -0.381 e. The number of methoxy groups -OCH3 is 1. The number of hydrogen-bond acceptors (Lipinski definition) is 3. The van der Waals surface area contributed by atoms with Crippen molar-refractivity contribution in [2.75, 3.05) is 13.0 Å². The summed E-state index contributed by atoms with van der Waals surface area (Å²) in [6.07, 6.45) is 5.33. The Morgan fingerprint density at radius 3 is 2.71 bits per heavy atom. The van der Waals surface area contributed by atoms with Gasteiger partial charge in [-0.3, -0.25) is 4.68 Å². The molecule has 0 radical (unpaired) electrons. The minimum absolute atomic E-state index is 0.375. The zero-order valence-corrected chi connectivity index (χ0v) is 13.7. The second-order valence-electron chi connectivity index (χ2n) is 5.81. The predicted octanol–water partition coefficient (Wildman–Crippen LogP) is 2.85. The van der Waals surface area contributed by atoms with E-state index >= 15 is 0 Å². The van der Waals surface area contributed by atoms with Crippen molar-refractivity contribution in [2.45, 2.75) is 51.2 Å². The number of hydrogen-bond donors (Lipinski definition) is 0. The van der Waals surface area contributed by atoms with Crippen LogP contribution in [0.4, 0.5) is 0 Å². The van der Waals surface area contributed by atoms with Gasteiger partial charge >= 0.3 is 0 Å². The molecule has 0 aromatic carbocycles. The second kappa shape index (κ2) is 5.97. The summed E-state index contributed by atoms with van der Waals surface area (Å²) in [5.74, 6) is 1.69. The first-order chi connectivity index (χ1) is 10.2. The Bertz CT molecular complexity index is 627. The van der Waals surface area contributed by atoms with Gasteiger partial charge in [-0.25, -0.2) is 4.98 Å². The quantitative estimate of drug-likeness (QED) is 0.771. The minimum atomic E-state index is 0.375. The first kappa shape index (κ1) is 14.9. The third kappa shape index (κ3) is 2.46. The lowest BCUT2D eigenvalue weighted by Gasteiger charge is -2.36. The Morgan fingerprint density at radius 2 is 2.10 bits per heavy atom. The molecule has 6 heteroatoms. The van der Waals surface area contributed by atoms with Gasteiger partial charge in [-0.05, 0) is 19.3 Å².